The molecule has 0 radical (unpaired) electrons. The first kappa shape index (κ1) is 23.2. The number of nitrogens with zero attached hydrogens (tertiary/aromatic N) is 2. The molecule has 1 atom stereocenters. The number of methoxy groups -OCH3 is 1. The molecule has 6 nitrogen and oxygen atoms in total. The van der Waals surface area contributed by atoms with Crippen molar-refractivity contribution in [3.05, 3.63) is 52.0 Å². The van der Waals surface area contributed by atoms with Crippen molar-refractivity contribution in [1.29, 1.82) is 0 Å². The van der Waals surface area contributed by atoms with Crippen molar-refractivity contribution < 1.29 is 23.5 Å². The number of amides is 2. The number of thiophene rings is 1. The van der Waals surface area contributed by atoms with Gasteiger partial charge in [-0.3, -0.25) is 9.59 Å². The highest BCUT2D eigenvalue weighted by Gasteiger charge is 2.33. The summed E-state index contributed by atoms with van der Waals surface area (Å²) in [6.07, 6.45) is 0.780. The Bertz CT molecular complexity index is 884. The summed E-state index contributed by atoms with van der Waals surface area (Å²) in [5.74, 6) is -0.166. The van der Waals surface area contributed by atoms with Crippen LogP contribution in [-0.4, -0.2) is 61.6 Å². The zero-order valence-electron chi connectivity index (χ0n) is 18.2. The van der Waals surface area contributed by atoms with E-state index in [0.29, 0.717) is 25.4 Å². The minimum atomic E-state index is -0.326. The van der Waals surface area contributed by atoms with Gasteiger partial charge in [0, 0.05) is 31.0 Å². The molecule has 168 valence electrons. The summed E-state index contributed by atoms with van der Waals surface area (Å²) in [7, 11) is 1.57. The SMILES string of the molecule is COCCN(CC(=O)N1CCc2sccc2C1COc1ccc(F)cc1)C(=O)C(C)C. The molecule has 0 aliphatic carbocycles. The predicted molar refractivity (Wildman–Crippen MR) is 118 cm³/mol. The van der Waals surface area contributed by atoms with Crippen LogP contribution in [0.5, 0.6) is 5.75 Å². The Morgan fingerprint density at radius 3 is 2.68 bits per heavy atom. The zero-order valence-corrected chi connectivity index (χ0v) is 19.0. The standard InChI is InChI=1S/C23H29FN2O4S/c1-16(2)23(28)25(11-12-29-3)14-22(27)26-10-8-21-19(9-13-31-21)20(26)15-30-18-6-4-17(24)5-7-18/h4-7,9,13,16,20H,8,10-12,14-15H2,1-3H3. The Hall–Kier alpha value is -2.45. The fraction of sp³-hybridized carbons (Fsp3) is 0.478. The summed E-state index contributed by atoms with van der Waals surface area (Å²) in [5.41, 5.74) is 1.07. The zero-order chi connectivity index (χ0) is 22.4. The van der Waals surface area contributed by atoms with Crippen LogP contribution < -0.4 is 4.74 Å². The van der Waals surface area contributed by atoms with Crippen LogP contribution in [0.15, 0.2) is 35.7 Å². The van der Waals surface area contributed by atoms with Crippen molar-refractivity contribution in [3.63, 3.8) is 0 Å². The van der Waals surface area contributed by atoms with Crippen molar-refractivity contribution in [2.75, 3.05) is 40.0 Å². The minimum Gasteiger partial charge on any atom is -0.491 e. The van der Waals surface area contributed by atoms with Gasteiger partial charge >= 0.3 is 0 Å². The molecule has 0 saturated carbocycles. The lowest BCUT2D eigenvalue weighted by Crippen LogP contribution is -2.49. The van der Waals surface area contributed by atoms with E-state index in [4.69, 9.17) is 9.47 Å². The molecule has 0 fully saturated rings. The summed E-state index contributed by atoms with van der Waals surface area (Å²) in [6.45, 7) is 5.22. The Morgan fingerprint density at radius 2 is 2.00 bits per heavy atom. The summed E-state index contributed by atoms with van der Waals surface area (Å²) in [4.78, 5) is 30.5. The van der Waals surface area contributed by atoms with Crippen LogP contribution in [0.25, 0.3) is 0 Å². The van der Waals surface area contributed by atoms with Gasteiger partial charge < -0.3 is 19.3 Å². The van der Waals surface area contributed by atoms with Gasteiger partial charge in [-0.25, -0.2) is 4.39 Å². The van der Waals surface area contributed by atoms with Gasteiger partial charge in [0.15, 0.2) is 0 Å². The first-order chi connectivity index (χ1) is 14.9. The molecule has 2 amide bonds. The Morgan fingerprint density at radius 1 is 1.26 bits per heavy atom. The molecule has 0 bridgehead atoms. The highest BCUT2D eigenvalue weighted by Crippen LogP contribution is 2.34. The Balaban J connectivity index is 1.75. The van der Waals surface area contributed by atoms with Crippen LogP contribution in [0.1, 0.15) is 30.3 Å². The molecule has 1 unspecified atom stereocenters. The van der Waals surface area contributed by atoms with E-state index in [1.807, 2.05) is 25.3 Å². The molecule has 8 heteroatoms. The van der Waals surface area contributed by atoms with Gasteiger partial charge in [-0.2, -0.15) is 0 Å². The highest BCUT2D eigenvalue weighted by atomic mass is 32.1. The molecule has 1 aromatic carbocycles. The maximum Gasteiger partial charge on any atom is 0.242 e. The van der Waals surface area contributed by atoms with Crippen LogP contribution in [0, 0.1) is 11.7 Å². The highest BCUT2D eigenvalue weighted by molar-refractivity contribution is 7.10. The quantitative estimate of drug-likeness (QED) is 0.589. The molecule has 0 spiro atoms. The maximum absolute atomic E-state index is 13.3. The summed E-state index contributed by atoms with van der Waals surface area (Å²) in [5, 5.41) is 2.02. The lowest BCUT2D eigenvalue weighted by molar-refractivity contribution is -0.144. The monoisotopic (exact) mass is 448 g/mol. The summed E-state index contributed by atoms with van der Waals surface area (Å²) >= 11 is 1.68. The maximum atomic E-state index is 13.3. The van der Waals surface area contributed by atoms with Crippen molar-refractivity contribution in [2.45, 2.75) is 26.3 Å². The number of hydrogen-bond donors (Lipinski definition) is 0. The third-order valence-corrected chi connectivity index (χ3v) is 6.33. The summed E-state index contributed by atoms with van der Waals surface area (Å²) < 4.78 is 24.2. The average molecular weight is 449 g/mol. The van der Waals surface area contributed by atoms with Crippen LogP contribution in [0.4, 0.5) is 4.39 Å². The molecule has 1 aliphatic rings. The number of hydrogen-bond acceptors (Lipinski definition) is 5. The number of ether oxygens (including phenoxy) is 2. The van der Waals surface area contributed by atoms with E-state index in [9.17, 15) is 14.0 Å². The van der Waals surface area contributed by atoms with Crippen molar-refractivity contribution >= 4 is 23.2 Å². The van der Waals surface area contributed by atoms with Crippen molar-refractivity contribution in [1.82, 2.24) is 9.80 Å². The van der Waals surface area contributed by atoms with E-state index in [2.05, 4.69) is 0 Å². The number of benzene rings is 1. The molecule has 1 aromatic heterocycles. The first-order valence-corrected chi connectivity index (χ1v) is 11.3. The van der Waals surface area contributed by atoms with E-state index >= 15 is 0 Å². The van der Waals surface area contributed by atoms with Gasteiger partial charge in [0.25, 0.3) is 0 Å². The Labute approximate surface area is 186 Å². The van der Waals surface area contributed by atoms with Crippen molar-refractivity contribution in [2.24, 2.45) is 5.92 Å². The van der Waals surface area contributed by atoms with E-state index in [1.165, 1.54) is 17.0 Å². The fourth-order valence-electron chi connectivity index (χ4n) is 3.67. The largest absolute Gasteiger partial charge is 0.491 e. The molecule has 3 rings (SSSR count). The van der Waals surface area contributed by atoms with Crippen LogP contribution in [0.2, 0.25) is 0 Å². The van der Waals surface area contributed by atoms with E-state index in [1.54, 1.807) is 40.4 Å². The van der Waals surface area contributed by atoms with Gasteiger partial charge in [-0.05, 0) is 47.7 Å². The normalized spacial score (nSPS) is 15.6. The number of halogens is 1. The summed E-state index contributed by atoms with van der Waals surface area (Å²) in [6, 6.07) is 7.62. The molecule has 0 N–H and O–H groups in total. The predicted octanol–water partition coefficient (Wildman–Crippen LogP) is 3.52. The molecule has 31 heavy (non-hydrogen) atoms. The fourth-order valence-corrected chi connectivity index (χ4v) is 4.60. The second-order valence-electron chi connectivity index (χ2n) is 7.82. The smallest absolute Gasteiger partial charge is 0.242 e. The van der Waals surface area contributed by atoms with Crippen molar-refractivity contribution in [3.8, 4) is 5.75 Å². The Kier molecular flexibility index (Phi) is 8.03. The van der Waals surface area contributed by atoms with Gasteiger partial charge in [-0.15, -0.1) is 11.3 Å². The van der Waals surface area contributed by atoms with Gasteiger partial charge in [0.05, 0.1) is 19.2 Å². The molecule has 0 saturated heterocycles. The molecule has 2 heterocycles. The average Bonchev–Trinajstić information content (AvgIpc) is 3.24. The van der Waals surface area contributed by atoms with Gasteiger partial charge in [-0.1, -0.05) is 13.8 Å². The number of rotatable bonds is 9. The lowest BCUT2D eigenvalue weighted by atomic mass is 10.0. The second kappa shape index (κ2) is 10.7. The third kappa shape index (κ3) is 5.83. The molecular weight excluding hydrogens is 419 g/mol. The van der Waals surface area contributed by atoms with Gasteiger partial charge in [0.2, 0.25) is 11.8 Å². The molecular formula is C23H29FN2O4S. The first-order valence-electron chi connectivity index (χ1n) is 10.4. The third-order valence-electron chi connectivity index (χ3n) is 5.33. The number of carbonyl (C=O) groups is 2. The van der Waals surface area contributed by atoms with E-state index in [-0.39, 0.29) is 42.7 Å². The van der Waals surface area contributed by atoms with Crippen LogP contribution in [-0.2, 0) is 20.7 Å². The number of fused-ring (bicyclic) bond motifs is 1. The van der Waals surface area contributed by atoms with Gasteiger partial charge in [0.1, 0.15) is 18.2 Å². The van der Waals surface area contributed by atoms with E-state index in [0.717, 1.165) is 12.0 Å². The second-order valence-corrected chi connectivity index (χ2v) is 8.82. The minimum absolute atomic E-state index is 0.00684. The van der Waals surface area contributed by atoms with Crippen LogP contribution in [0.3, 0.4) is 0 Å². The topological polar surface area (TPSA) is 59.1 Å². The molecule has 2 aromatic rings. The van der Waals surface area contributed by atoms with E-state index < -0.39 is 0 Å². The van der Waals surface area contributed by atoms with Crippen LogP contribution >= 0.6 is 11.3 Å². The molecule has 1 aliphatic heterocycles. The lowest BCUT2D eigenvalue weighted by Gasteiger charge is -2.37. The number of carbonyl (C=O) groups excluding carboxylic acids is 2.